The summed E-state index contributed by atoms with van der Waals surface area (Å²) in [7, 11) is 0. The fourth-order valence-corrected chi connectivity index (χ4v) is 5.18. The van der Waals surface area contributed by atoms with Crippen LogP contribution in [0.15, 0.2) is 46.2 Å². The van der Waals surface area contributed by atoms with E-state index in [1.54, 1.807) is 34.0 Å². The molecule has 1 aliphatic carbocycles. The van der Waals surface area contributed by atoms with Crippen molar-refractivity contribution >= 4 is 22.9 Å². The first kappa shape index (κ1) is 27.0. The molecule has 0 aromatic carbocycles. The molecule has 214 valence electrons. The molecule has 2 aliphatic rings. The summed E-state index contributed by atoms with van der Waals surface area (Å²) in [6, 6.07) is 7.16. The van der Waals surface area contributed by atoms with Crippen molar-refractivity contribution in [3.63, 3.8) is 0 Å². The van der Waals surface area contributed by atoms with E-state index in [4.69, 9.17) is 4.74 Å². The second kappa shape index (κ2) is 11.4. The van der Waals surface area contributed by atoms with Gasteiger partial charge in [0.15, 0.2) is 5.65 Å². The van der Waals surface area contributed by atoms with Crippen molar-refractivity contribution in [2.75, 3.05) is 44.3 Å². The highest BCUT2D eigenvalue weighted by atomic mass is 16.5. The van der Waals surface area contributed by atoms with Crippen molar-refractivity contribution in [1.82, 2.24) is 34.0 Å². The lowest BCUT2D eigenvalue weighted by molar-refractivity contribution is 0.0391. The van der Waals surface area contributed by atoms with Crippen LogP contribution >= 0.6 is 0 Å². The summed E-state index contributed by atoms with van der Waals surface area (Å²) in [5.41, 5.74) is 2.00. The van der Waals surface area contributed by atoms with E-state index in [1.807, 2.05) is 26.0 Å². The van der Waals surface area contributed by atoms with Gasteiger partial charge >= 0.3 is 5.69 Å². The molecule has 2 fully saturated rings. The topological polar surface area (TPSA) is 131 Å². The Labute approximate surface area is 236 Å². The number of pyridine rings is 2. The number of aromatic amines is 1. The number of hydrogen-bond donors (Lipinski definition) is 1. The summed E-state index contributed by atoms with van der Waals surface area (Å²) < 4.78 is 8.40. The minimum absolute atomic E-state index is 0.0417. The number of nitrogens with zero attached hydrogens (tertiary/aromatic N) is 7. The van der Waals surface area contributed by atoms with E-state index in [0.29, 0.717) is 66.8 Å². The molecule has 0 spiro atoms. The number of hydrogen-bond acceptors (Lipinski definition) is 8. The number of fused-ring (bicyclic) bond motifs is 1. The third kappa shape index (κ3) is 5.44. The number of anilines is 1. The highest BCUT2D eigenvalue weighted by Gasteiger charge is 2.30. The van der Waals surface area contributed by atoms with Crippen LogP contribution in [0.25, 0.3) is 22.6 Å². The average Bonchev–Trinajstić information content (AvgIpc) is 3.73. The first-order valence-corrected chi connectivity index (χ1v) is 14.2. The summed E-state index contributed by atoms with van der Waals surface area (Å²) in [4.78, 5) is 60.6. The Kier molecular flexibility index (Phi) is 7.50. The lowest BCUT2D eigenvalue weighted by Crippen LogP contribution is -2.43. The molecule has 12 heteroatoms. The second-order valence-electron chi connectivity index (χ2n) is 10.6. The van der Waals surface area contributed by atoms with Gasteiger partial charge < -0.3 is 9.72 Å². The molecule has 41 heavy (non-hydrogen) atoms. The number of H-pyrrole nitrogens is 1. The third-order valence-electron chi connectivity index (χ3n) is 7.61. The maximum atomic E-state index is 13.6. The fraction of sp³-hybridized carbons (Fsp3) is 0.448. The van der Waals surface area contributed by atoms with Gasteiger partial charge in [0.05, 0.1) is 18.8 Å². The Morgan fingerprint density at radius 2 is 1.88 bits per heavy atom. The van der Waals surface area contributed by atoms with Gasteiger partial charge in [0.1, 0.15) is 17.2 Å². The number of morpholine rings is 1. The average molecular weight is 559 g/mol. The van der Waals surface area contributed by atoms with Crippen LogP contribution < -0.4 is 16.1 Å². The van der Waals surface area contributed by atoms with E-state index < -0.39 is 0 Å². The van der Waals surface area contributed by atoms with Crippen LogP contribution in [0.5, 0.6) is 0 Å². The normalized spacial score (nSPS) is 15.9. The number of carbonyl (C=O) groups excluding carboxylic acids is 1. The molecule has 1 N–H and O–H groups in total. The summed E-state index contributed by atoms with van der Waals surface area (Å²) in [5, 5.41) is 0. The number of aryl methyl sites for hydroxylation is 2. The first-order chi connectivity index (χ1) is 19.9. The number of nitrogens with one attached hydrogen (secondary N) is 1. The van der Waals surface area contributed by atoms with Crippen LogP contribution in [0.1, 0.15) is 48.3 Å². The first-order valence-electron chi connectivity index (χ1n) is 14.2. The molecule has 4 aromatic heterocycles. The van der Waals surface area contributed by atoms with Crippen LogP contribution in [0.3, 0.4) is 0 Å². The molecule has 1 saturated heterocycles. The maximum Gasteiger partial charge on any atom is 0.333 e. The van der Waals surface area contributed by atoms with Crippen LogP contribution in [-0.4, -0.2) is 79.3 Å². The molecular weight excluding hydrogens is 524 g/mol. The quantitative estimate of drug-likeness (QED) is 0.331. The predicted molar refractivity (Wildman–Crippen MR) is 154 cm³/mol. The van der Waals surface area contributed by atoms with Gasteiger partial charge in [-0.1, -0.05) is 6.92 Å². The minimum atomic E-state index is -0.338. The molecule has 4 aromatic rings. The Balaban J connectivity index is 1.32. The predicted octanol–water partition coefficient (Wildman–Crippen LogP) is 2.38. The molecule has 1 aliphatic heterocycles. The van der Waals surface area contributed by atoms with Gasteiger partial charge in [-0.3, -0.25) is 33.5 Å². The highest BCUT2D eigenvalue weighted by Crippen LogP contribution is 2.32. The zero-order chi connectivity index (χ0) is 28.5. The Morgan fingerprint density at radius 1 is 1.07 bits per heavy atom. The number of imidazole rings is 1. The Bertz CT molecular complexity index is 1660. The summed E-state index contributed by atoms with van der Waals surface area (Å²) >= 11 is 0. The SMILES string of the molecule is CCCn1c(=O)n(C2CC2)c(=O)c2[nH]c(-c3ccc(N(CCN4CCOCC4)C(=O)c4ccc(C)nc4)nc3)nc21. The molecule has 12 nitrogen and oxygen atoms in total. The van der Waals surface area contributed by atoms with Gasteiger partial charge in [-0.15, -0.1) is 0 Å². The maximum absolute atomic E-state index is 13.6. The van der Waals surface area contributed by atoms with Crippen LogP contribution in [0, 0.1) is 6.92 Å². The summed E-state index contributed by atoms with van der Waals surface area (Å²) in [6.45, 7) is 8.47. The van der Waals surface area contributed by atoms with Crippen LogP contribution in [0.4, 0.5) is 5.82 Å². The molecular formula is C29H34N8O4. The molecule has 1 amide bonds. The molecule has 0 bridgehead atoms. The molecule has 5 heterocycles. The molecule has 0 unspecified atom stereocenters. The highest BCUT2D eigenvalue weighted by molar-refractivity contribution is 6.05. The van der Waals surface area contributed by atoms with E-state index in [9.17, 15) is 14.4 Å². The summed E-state index contributed by atoms with van der Waals surface area (Å²) in [6.07, 6.45) is 5.63. The van der Waals surface area contributed by atoms with Crippen LogP contribution in [0.2, 0.25) is 0 Å². The fourth-order valence-electron chi connectivity index (χ4n) is 5.18. The van der Waals surface area contributed by atoms with E-state index in [1.165, 1.54) is 4.57 Å². The monoisotopic (exact) mass is 558 g/mol. The van der Waals surface area contributed by atoms with Gasteiger partial charge in [0.2, 0.25) is 0 Å². The van der Waals surface area contributed by atoms with E-state index in [0.717, 1.165) is 38.0 Å². The van der Waals surface area contributed by atoms with Gasteiger partial charge in [0, 0.05) is 62.4 Å². The van der Waals surface area contributed by atoms with Crippen molar-refractivity contribution in [2.45, 2.75) is 45.7 Å². The van der Waals surface area contributed by atoms with Crippen molar-refractivity contribution < 1.29 is 9.53 Å². The van der Waals surface area contributed by atoms with Crippen LogP contribution in [-0.2, 0) is 11.3 Å². The van der Waals surface area contributed by atoms with Crippen molar-refractivity contribution in [3.05, 3.63) is 68.8 Å². The number of carbonyl (C=O) groups is 1. The number of amides is 1. The van der Waals surface area contributed by atoms with Gasteiger partial charge in [-0.2, -0.15) is 0 Å². The van der Waals surface area contributed by atoms with Gasteiger partial charge in [-0.25, -0.2) is 14.8 Å². The number of aromatic nitrogens is 6. The van der Waals surface area contributed by atoms with Crippen molar-refractivity contribution in [2.24, 2.45) is 0 Å². The molecule has 1 saturated carbocycles. The van der Waals surface area contributed by atoms with E-state index in [-0.39, 0.29) is 23.2 Å². The Morgan fingerprint density at radius 3 is 2.54 bits per heavy atom. The van der Waals surface area contributed by atoms with Crippen molar-refractivity contribution in [3.8, 4) is 11.4 Å². The second-order valence-corrected chi connectivity index (χ2v) is 10.6. The summed E-state index contributed by atoms with van der Waals surface area (Å²) in [5.74, 6) is 0.768. The zero-order valence-electron chi connectivity index (χ0n) is 23.4. The van der Waals surface area contributed by atoms with Gasteiger partial charge in [0.25, 0.3) is 11.5 Å². The smallest absolute Gasteiger partial charge is 0.333 e. The minimum Gasteiger partial charge on any atom is -0.379 e. The molecule has 0 atom stereocenters. The number of ether oxygens (including phenoxy) is 1. The van der Waals surface area contributed by atoms with Crippen molar-refractivity contribution in [1.29, 1.82) is 0 Å². The zero-order valence-corrected chi connectivity index (χ0v) is 23.4. The largest absolute Gasteiger partial charge is 0.379 e. The standard InChI is InChI=1S/C29H34N8O4/c1-3-10-36-26-24(28(39)37(29(36)40)22-7-8-22)32-25(33-26)20-6-9-23(31-17-20)35(12-11-34-13-15-41-16-14-34)27(38)21-5-4-19(2)30-18-21/h4-6,9,17-18,22H,3,7-8,10-16H2,1-2H3,(H,32,33). The number of rotatable bonds is 9. The van der Waals surface area contributed by atoms with E-state index in [2.05, 4.69) is 24.8 Å². The van der Waals surface area contributed by atoms with E-state index >= 15 is 0 Å². The molecule has 0 radical (unpaired) electrons. The lowest BCUT2D eigenvalue weighted by atomic mass is 10.2. The Hall–Kier alpha value is -4.16. The lowest BCUT2D eigenvalue weighted by Gasteiger charge is -2.29. The third-order valence-corrected chi connectivity index (χ3v) is 7.61. The molecule has 6 rings (SSSR count). The van der Waals surface area contributed by atoms with Gasteiger partial charge in [-0.05, 0) is 50.5 Å².